The van der Waals surface area contributed by atoms with Crippen LogP contribution in [-0.2, 0) is 16.6 Å². The molecule has 0 saturated heterocycles. The van der Waals surface area contributed by atoms with Gasteiger partial charge in [0, 0.05) is 18.1 Å². The first-order valence-electron chi connectivity index (χ1n) is 7.84. The lowest BCUT2D eigenvalue weighted by molar-refractivity contribution is 0.609. The molecule has 0 atom stereocenters. The van der Waals surface area contributed by atoms with Crippen molar-refractivity contribution >= 4 is 21.8 Å². The number of nitrogens with one attached hydrogen (secondary N) is 1. The Balaban J connectivity index is 1.65. The van der Waals surface area contributed by atoms with Crippen LogP contribution in [0.5, 0.6) is 0 Å². The van der Waals surface area contributed by atoms with Crippen LogP contribution in [0.15, 0.2) is 72.4 Å². The highest BCUT2D eigenvalue weighted by atomic mass is 32.2. The van der Waals surface area contributed by atoms with E-state index < -0.39 is 10.0 Å². The van der Waals surface area contributed by atoms with Crippen LogP contribution in [0, 0.1) is 6.92 Å². The van der Waals surface area contributed by atoms with Gasteiger partial charge in [-0.15, -0.1) is 0 Å². The van der Waals surface area contributed by atoms with Crippen molar-refractivity contribution in [2.75, 3.05) is 4.72 Å². The van der Waals surface area contributed by atoms with Gasteiger partial charge in [0.1, 0.15) is 0 Å². The van der Waals surface area contributed by atoms with E-state index in [9.17, 15) is 8.42 Å². The quantitative estimate of drug-likeness (QED) is 0.736. The van der Waals surface area contributed by atoms with Crippen molar-refractivity contribution in [3.8, 4) is 0 Å². The zero-order valence-corrected chi connectivity index (χ0v) is 14.6. The standard InChI is InChI=1S/C19H19N3O2S/c1-16-3-5-17(6-4-16)11-14-25(23,24)21-19-9-7-18(8-10-19)15-22-13-2-12-20-22/h2-14,21H,15H2,1H3/b14-11+. The summed E-state index contributed by atoms with van der Waals surface area (Å²) in [5.74, 6) is 0. The fourth-order valence-electron chi connectivity index (χ4n) is 2.30. The Morgan fingerprint density at radius 2 is 1.80 bits per heavy atom. The van der Waals surface area contributed by atoms with Gasteiger partial charge in [-0.1, -0.05) is 42.0 Å². The fourth-order valence-corrected chi connectivity index (χ4v) is 3.17. The number of anilines is 1. The van der Waals surface area contributed by atoms with E-state index in [0.29, 0.717) is 12.2 Å². The van der Waals surface area contributed by atoms with Crippen molar-refractivity contribution in [1.82, 2.24) is 9.78 Å². The van der Waals surface area contributed by atoms with E-state index in [-0.39, 0.29) is 0 Å². The number of hydrogen-bond donors (Lipinski definition) is 1. The monoisotopic (exact) mass is 353 g/mol. The van der Waals surface area contributed by atoms with Crippen LogP contribution >= 0.6 is 0 Å². The first-order chi connectivity index (χ1) is 12.0. The highest BCUT2D eigenvalue weighted by molar-refractivity contribution is 7.95. The fraction of sp³-hybridized carbons (Fsp3) is 0.105. The van der Waals surface area contributed by atoms with E-state index in [4.69, 9.17) is 0 Å². The van der Waals surface area contributed by atoms with Crippen LogP contribution in [0.1, 0.15) is 16.7 Å². The molecule has 0 amide bonds. The number of aromatic nitrogens is 2. The zero-order chi connectivity index (χ0) is 17.7. The van der Waals surface area contributed by atoms with Gasteiger partial charge in [-0.2, -0.15) is 5.10 Å². The minimum Gasteiger partial charge on any atom is -0.280 e. The zero-order valence-electron chi connectivity index (χ0n) is 13.8. The van der Waals surface area contributed by atoms with Gasteiger partial charge in [0.25, 0.3) is 10.0 Å². The van der Waals surface area contributed by atoms with Gasteiger partial charge in [-0.25, -0.2) is 8.42 Å². The van der Waals surface area contributed by atoms with E-state index in [1.165, 1.54) is 5.41 Å². The summed E-state index contributed by atoms with van der Waals surface area (Å²) in [4.78, 5) is 0. The van der Waals surface area contributed by atoms with Crippen molar-refractivity contribution < 1.29 is 8.42 Å². The summed E-state index contributed by atoms with van der Waals surface area (Å²) in [5, 5.41) is 5.32. The number of sulfonamides is 1. The molecule has 6 heteroatoms. The summed E-state index contributed by atoms with van der Waals surface area (Å²) in [6.07, 6.45) is 5.18. The predicted octanol–water partition coefficient (Wildman–Crippen LogP) is 3.65. The van der Waals surface area contributed by atoms with Crippen LogP contribution in [-0.4, -0.2) is 18.2 Å². The van der Waals surface area contributed by atoms with Gasteiger partial charge >= 0.3 is 0 Å². The van der Waals surface area contributed by atoms with Crippen LogP contribution < -0.4 is 4.72 Å². The molecule has 0 saturated carbocycles. The molecular weight excluding hydrogens is 334 g/mol. The van der Waals surface area contributed by atoms with E-state index in [2.05, 4.69) is 9.82 Å². The molecule has 128 valence electrons. The Hall–Kier alpha value is -2.86. The predicted molar refractivity (Wildman–Crippen MR) is 101 cm³/mol. The van der Waals surface area contributed by atoms with Gasteiger partial charge in [0.15, 0.2) is 0 Å². The Morgan fingerprint density at radius 3 is 2.44 bits per heavy atom. The van der Waals surface area contributed by atoms with Crippen molar-refractivity contribution in [2.24, 2.45) is 0 Å². The molecular formula is C19H19N3O2S. The molecule has 1 aromatic heterocycles. The van der Waals surface area contributed by atoms with Crippen molar-refractivity contribution in [3.63, 3.8) is 0 Å². The van der Waals surface area contributed by atoms with Gasteiger partial charge in [0.05, 0.1) is 12.0 Å². The van der Waals surface area contributed by atoms with Crippen LogP contribution in [0.25, 0.3) is 6.08 Å². The van der Waals surface area contributed by atoms with Gasteiger partial charge < -0.3 is 0 Å². The first kappa shape index (κ1) is 17.0. The number of rotatable bonds is 6. The van der Waals surface area contributed by atoms with Gasteiger partial charge in [0.2, 0.25) is 0 Å². The molecule has 2 aromatic carbocycles. The SMILES string of the molecule is Cc1ccc(/C=C/S(=O)(=O)Nc2ccc(Cn3cccn3)cc2)cc1. The summed E-state index contributed by atoms with van der Waals surface area (Å²) in [5.41, 5.74) is 3.54. The molecule has 0 aliphatic heterocycles. The second-order valence-electron chi connectivity index (χ2n) is 5.76. The molecule has 0 spiro atoms. The highest BCUT2D eigenvalue weighted by Gasteiger charge is 2.06. The molecule has 0 aliphatic rings. The largest absolute Gasteiger partial charge is 0.280 e. The van der Waals surface area contributed by atoms with E-state index in [1.807, 2.05) is 60.3 Å². The molecule has 0 aliphatic carbocycles. The molecule has 1 heterocycles. The molecule has 3 aromatic rings. The average Bonchev–Trinajstić information content (AvgIpc) is 3.09. The summed E-state index contributed by atoms with van der Waals surface area (Å²) < 4.78 is 28.7. The van der Waals surface area contributed by atoms with Crippen LogP contribution in [0.3, 0.4) is 0 Å². The molecule has 0 bridgehead atoms. The Bertz CT molecular complexity index is 943. The third-order valence-corrected chi connectivity index (χ3v) is 4.65. The van der Waals surface area contributed by atoms with Gasteiger partial charge in [-0.05, 0) is 42.3 Å². The Kier molecular flexibility index (Phi) is 5.00. The number of nitrogens with zero attached hydrogens (tertiary/aromatic N) is 2. The van der Waals surface area contributed by atoms with Crippen LogP contribution in [0.2, 0.25) is 0 Å². The topological polar surface area (TPSA) is 64.0 Å². The molecule has 5 nitrogen and oxygen atoms in total. The number of benzene rings is 2. The average molecular weight is 353 g/mol. The lowest BCUT2D eigenvalue weighted by Gasteiger charge is -2.06. The number of hydrogen-bond acceptors (Lipinski definition) is 3. The summed E-state index contributed by atoms with van der Waals surface area (Å²) >= 11 is 0. The van der Waals surface area contributed by atoms with Crippen molar-refractivity contribution in [2.45, 2.75) is 13.5 Å². The van der Waals surface area contributed by atoms with E-state index >= 15 is 0 Å². The first-order valence-corrected chi connectivity index (χ1v) is 9.39. The van der Waals surface area contributed by atoms with E-state index in [0.717, 1.165) is 16.7 Å². The van der Waals surface area contributed by atoms with Crippen molar-refractivity contribution in [3.05, 3.63) is 89.1 Å². The third-order valence-electron chi connectivity index (χ3n) is 3.63. The molecule has 25 heavy (non-hydrogen) atoms. The molecule has 0 fully saturated rings. The Labute approximate surface area is 147 Å². The van der Waals surface area contributed by atoms with Crippen LogP contribution in [0.4, 0.5) is 5.69 Å². The van der Waals surface area contributed by atoms with E-state index in [1.54, 1.807) is 24.4 Å². The lowest BCUT2D eigenvalue weighted by atomic mass is 10.2. The maximum Gasteiger partial charge on any atom is 0.255 e. The number of aryl methyl sites for hydroxylation is 1. The van der Waals surface area contributed by atoms with Crippen molar-refractivity contribution in [1.29, 1.82) is 0 Å². The minimum absolute atomic E-state index is 0.526. The summed E-state index contributed by atoms with van der Waals surface area (Å²) in [7, 11) is -3.55. The smallest absolute Gasteiger partial charge is 0.255 e. The molecule has 3 rings (SSSR count). The second-order valence-corrected chi connectivity index (χ2v) is 7.33. The second kappa shape index (κ2) is 7.36. The summed E-state index contributed by atoms with van der Waals surface area (Å²) in [6, 6.07) is 16.8. The van der Waals surface area contributed by atoms with Gasteiger partial charge in [-0.3, -0.25) is 9.40 Å². The minimum atomic E-state index is -3.55. The molecule has 0 unspecified atom stereocenters. The maximum atomic E-state index is 12.2. The third kappa shape index (κ3) is 5.06. The molecule has 0 radical (unpaired) electrons. The lowest BCUT2D eigenvalue weighted by Crippen LogP contribution is -2.09. The maximum absolute atomic E-state index is 12.2. The molecule has 1 N–H and O–H groups in total. The Morgan fingerprint density at radius 1 is 1.08 bits per heavy atom. The summed E-state index contributed by atoms with van der Waals surface area (Å²) in [6.45, 7) is 2.63. The highest BCUT2D eigenvalue weighted by Crippen LogP contribution is 2.14. The normalized spacial score (nSPS) is 11.7.